The first-order valence-electron chi connectivity index (χ1n) is 10.5. The lowest BCUT2D eigenvalue weighted by molar-refractivity contribution is -0.132. The van der Waals surface area contributed by atoms with Gasteiger partial charge in [-0.2, -0.15) is 0 Å². The second-order valence-corrected chi connectivity index (χ2v) is 9.31. The Balaban J connectivity index is 1.60. The van der Waals surface area contributed by atoms with Gasteiger partial charge in [-0.25, -0.2) is 4.79 Å². The smallest absolute Gasteiger partial charge is 0.341 e. The number of ether oxygens (including phenoxy) is 1. The summed E-state index contributed by atoms with van der Waals surface area (Å²) in [6.45, 7) is 4.12. The summed E-state index contributed by atoms with van der Waals surface area (Å²) >= 11 is 2.83. The van der Waals surface area contributed by atoms with Crippen molar-refractivity contribution in [3.8, 4) is 10.4 Å². The van der Waals surface area contributed by atoms with Crippen molar-refractivity contribution in [2.24, 2.45) is 0 Å². The third kappa shape index (κ3) is 4.47. The molecule has 1 aliphatic heterocycles. The van der Waals surface area contributed by atoms with Crippen LogP contribution in [0.5, 0.6) is 0 Å². The maximum absolute atomic E-state index is 13.1. The SMILES string of the molecule is CCOC(=O)c1c(-c2cccs2)csc1NC(=O)CC1c2ccccc2CCN1C(C)=O. The van der Waals surface area contributed by atoms with E-state index in [9.17, 15) is 14.4 Å². The Labute approximate surface area is 194 Å². The molecule has 0 bridgehead atoms. The number of amides is 2. The van der Waals surface area contributed by atoms with Gasteiger partial charge in [-0.1, -0.05) is 30.3 Å². The van der Waals surface area contributed by atoms with Crippen molar-refractivity contribution in [1.29, 1.82) is 0 Å². The van der Waals surface area contributed by atoms with E-state index in [0.717, 1.165) is 28.0 Å². The maximum atomic E-state index is 13.1. The van der Waals surface area contributed by atoms with E-state index < -0.39 is 5.97 Å². The molecule has 1 aliphatic rings. The van der Waals surface area contributed by atoms with Gasteiger partial charge in [-0.15, -0.1) is 22.7 Å². The van der Waals surface area contributed by atoms with Crippen LogP contribution in [0.3, 0.4) is 0 Å². The van der Waals surface area contributed by atoms with E-state index in [0.29, 0.717) is 17.1 Å². The van der Waals surface area contributed by atoms with Crippen LogP contribution in [0.15, 0.2) is 47.2 Å². The normalized spacial score (nSPS) is 15.2. The molecule has 2 amide bonds. The second-order valence-electron chi connectivity index (χ2n) is 7.48. The summed E-state index contributed by atoms with van der Waals surface area (Å²) in [6.07, 6.45) is 0.890. The molecule has 0 aliphatic carbocycles. The average Bonchev–Trinajstić information content (AvgIpc) is 3.43. The summed E-state index contributed by atoms with van der Waals surface area (Å²) < 4.78 is 5.26. The molecule has 2 aromatic heterocycles. The molecule has 1 atom stereocenters. The number of benzene rings is 1. The van der Waals surface area contributed by atoms with Gasteiger partial charge in [-0.3, -0.25) is 9.59 Å². The Hall–Kier alpha value is -2.97. The highest BCUT2D eigenvalue weighted by Crippen LogP contribution is 2.39. The highest BCUT2D eigenvalue weighted by atomic mass is 32.1. The Kier molecular flexibility index (Phi) is 6.72. The molecule has 166 valence electrons. The Morgan fingerprint density at radius 3 is 2.69 bits per heavy atom. The number of rotatable bonds is 6. The maximum Gasteiger partial charge on any atom is 0.341 e. The standard InChI is InChI=1S/C24H24N2O4S2/c1-3-30-24(29)22-18(20-9-6-12-31-20)14-32-23(22)25-21(28)13-19-17-8-5-4-7-16(17)10-11-26(19)15(2)27/h4-9,12,14,19H,3,10-11,13H2,1-2H3,(H,25,28). The fraction of sp³-hybridized carbons (Fsp3) is 0.292. The number of anilines is 1. The van der Waals surface area contributed by atoms with Gasteiger partial charge in [-0.05, 0) is 35.9 Å². The summed E-state index contributed by atoms with van der Waals surface area (Å²) in [6, 6.07) is 11.4. The number of nitrogens with one attached hydrogen (secondary N) is 1. The van der Waals surface area contributed by atoms with Gasteiger partial charge in [0.05, 0.1) is 19.1 Å². The van der Waals surface area contributed by atoms with E-state index in [2.05, 4.69) is 5.32 Å². The van der Waals surface area contributed by atoms with Crippen LogP contribution in [0, 0.1) is 0 Å². The zero-order valence-corrected chi connectivity index (χ0v) is 19.6. The lowest BCUT2D eigenvalue weighted by Gasteiger charge is -2.36. The van der Waals surface area contributed by atoms with Crippen LogP contribution in [0.2, 0.25) is 0 Å². The molecule has 0 fully saturated rings. The number of carbonyl (C=O) groups excluding carboxylic acids is 3. The van der Waals surface area contributed by atoms with Crippen LogP contribution in [0.1, 0.15) is 47.8 Å². The fourth-order valence-electron chi connectivity index (χ4n) is 4.07. The number of carbonyl (C=O) groups is 3. The molecule has 1 aromatic carbocycles. The van der Waals surface area contributed by atoms with E-state index in [4.69, 9.17) is 4.74 Å². The van der Waals surface area contributed by atoms with E-state index in [-0.39, 0.29) is 30.9 Å². The van der Waals surface area contributed by atoms with Gasteiger partial charge in [0.1, 0.15) is 10.6 Å². The molecule has 32 heavy (non-hydrogen) atoms. The molecule has 1 N–H and O–H groups in total. The van der Waals surface area contributed by atoms with Gasteiger partial charge < -0.3 is 15.0 Å². The number of thiophene rings is 2. The summed E-state index contributed by atoms with van der Waals surface area (Å²) in [5, 5.41) is 7.19. The monoisotopic (exact) mass is 468 g/mol. The minimum absolute atomic E-state index is 0.0550. The summed E-state index contributed by atoms with van der Waals surface area (Å²) in [4.78, 5) is 40.7. The third-order valence-electron chi connectivity index (χ3n) is 5.51. The second kappa shape index (κ2) is 9.67. The highest BCUT2D eigenvalue weighted by Gasteiger charge is 2.31. The van der Waals surface area contributed by atoms with Gasteiger partial charge in [0.15, 0.2) is 0 Å². The number of hydrogen-bond acceptors (Lipinski definition) is 6. The minimum atomic E-state index is -0.458. The van der Waals surface area contributed by atoms with Crippen LogP contribution in [-0.4, -0.2) is 35.8 Å². The summed E-state index contributed by atoms with van der Waals surface area (Å²) in [5.74, 6) is -0.760. The average molecular weight is 469 g/mol. The van der Waals surface area contributed by atoms with Crippen molar-refractivity contribution in [2.45, 2.75) is 32.7 Å². The Bertz CT molecular complexity index is 1140. The summed E-state index contributed by atoms with van der Waals surface area (Å²) in [7, 11) is 0. The first-order chi connectivity index (χ1) is 15.5. The fourth-order valence-corrected chi connectivity index (χ4v) is 5.86. The number of fused-ring (bicyclic) bond motifs is 1. The van der Waals surface area contributed by atoms with E-state index >= 15 is 0 Å². The van der Waals surface area contributed by atoms with E-state index in [1.807, 2.05) is 47.2 Å². The molecule has 3 aromatic rings. The highest BCUT2D eigenvalue weighted by molar-refractivity contribution is 7.17. The zero-order chi connectivity index (χ0) is 22.7. The predicted molar refractivity (Wildman–Crippen MR) is 127 cm³/mol. The number of esters is 1. The van der Waals surface area contributed by atoms with Crippen LogP contribution in [0.4, 0.5) is 5.00 Å². The summed E-state index contributed by atoms with van der Waals surface area (Å²) in [5.41, 5.74) is 3.29. The molecule has 0 spiro atoms. The van der Waals surface area contributed by atoms with Crippen LogP contribution in [0.25, 0.3) is 10.4 Å². The molecular weight excluding hydrogens is 444 g/mol. The zero-order valence-electron chi connectivity index (χ0n) is 17.9. The van der Waals surface area contributed by atoms with Crippen molar-refractivity contribution in [3.63, 3.8) is 0 Å². The van der Waals surface area contributed by atoms with Gasteiger partial charge in [0, 0.05) is 29.3 Å². The lowest BCUT2D eigenvalue weighted by Crippen LogP contribution is -2.40. The predicted octanol–water partition coefficient (Wildman–Crippen LogP) is 5.13. The molecule has 0 radical (unpaired) electrons. The molecular formula is C24H24N2O4S2. The van der Waals surface area contributed by atoms with Crippen molar-refractivity contribution in [3.05, 3.63) is 63.8 Å². The van der Waals surface area contributed by atoms with Crippen molar-refractivity contribution >= 4 is 45.5 Å². The molecule has 0 saturated heterocycles. The van der Waals surface area contributed by atoms with E-state index in [1.165, 1.54) is 29.6 Å². The largest absolute Gasteiger partial charge is 0.462 e. The number of nitrogens with zero attached hydrogens (tertiary/aromatic N) is 1. The molecule has 4 rings (SSSR count). The first kappa shape index (κ1) is 22.2. The molecule has 0 saturated carbocycles. The quantitative estimate of drug-likeness (QED) is 0.509. The minimum Gasteiger partial charge on any atom is -0.462 e. The van der Waals surface area contributed by atoms with Gasteiger partial charge in [0.25, 0.3) is 0 Å². The van der Waals surface area contributed by atoms with Gasteiger partial charge >= 0.3 is 5.97 Å². The Morgan fingerprint density at radius 2 is 1.97 bits per heavy atom. The molecule has 1 unspecified atom stereocenters. The first-order valence-corrected chi connectivity index (χ1v) is 12.2. The van der Waals surface area contributed by atoms with E-state index in [1.54, 1.807) is 11.8 Å². The van der Waals surface area contributed by atoms with Crippen LogP contribution < -0.4 is 5.32 Å². The van der Waals surface area contributed by atoms with Crippen molar-refractivity contribution in [2.75, 3.05) is 18.5 Å². The lowest BCUT2D eigenvalue weighted by atomic mass is 9.90. The number of hydrogen-bond donors (Lipinski definition) is 1. The van der Waals surface area contributed by atoms with Crippen LogP contribution >= 0.6 is 22.7 Å². The van der Waals surface area contributed by atoms with Crippen LogP contribution in [-0.2, 0) is 20.7 Å². The topological polar surface area (TPSA) is 75.7 Å². The molecule has 6 nitrogen and oxygen atoms in total. The van der Waals surface area contributed by atoms with Crippen molar-refractivity contribution < 1.29 is 19.1 Å². The Morgan fingerprint density at radius 1 is 1.16 bits per heavy atom. The molecule has 8 heteroatoms. The van der Waals surface area contributed by atoms with Gasteiger partial charge in [0.2, 0.25) is 11.8 Å². The molecule has 3 heterocycles. The van der Waals surface area contributed by atoms with Crippen molar-refractivity contribution in [1.82, 2.24) is 4.90 Å². The third-order valence-corrected chi connectivity index (χ3v) is 7.30.